The number of hydrogen-bond donors (Lipinski definition) is 0. The zero-order valence-electron chi connectivity index (χ0n) is 10.6. The molecule has 0 fully saturated rings. The van der Waals surface area contributed by atoms with Gasteiger partial charge in [-0.15, -0.1) is 5.10 Å². The number of nitrogens with zero attached hydrogens (tertiary/aromatic N) is 5. The van der Waals surface area contributed by atoms with Gasteiger partial charge in [-0.2, -0.15) is 5.10 Å². The van der Waals surface area contributed by atoms with Crippen LogP contribution in [0.25, 0.3) is 0 Å². The van der Waals surface area contributed by atoms with E-state index in [2.05, 4.69) is 19.7 Å². The van der Waals surface area contributed by atoms with Crippen LogP contribution in [0.1, 0.15) is 28.0 Å². The summed E-state index contributed by atoms with van der Waals surface area (Å²) in [5, 5.41) is 9.36. The van der Waals surface area contributed by atoms with E-state index in [0.717, 1.165) is 11.5 Å². The minimum absolute atomic E-state index is 0.192. The SMILES string of the molecule is CCN(/N=C/c1ccccn1)C(=O)c1snnc1C. The Morgan fingerprint density at radius 3 is 2.95 bits per heavy atom. The Morgan fingerprint density at radius 1 is 1.53 bits per heavy atom. The number of hydrazone groups is 1. The predicted molar refractivity (Wildman–Crippen MR) is 73.2 cm³/mol. The van der Waals surface area contributed by atoms with Crippen molar-refractivity contribution in [1.29, 1.82) is 0 Å². The number of amides is 1. The van der Waals surface area contributed by atoms with E-state index in [1.54, 1.807) is 19.3 Å². The molecule has 0 aliphatic heterocycles. The Hall–Kier alpha value is -2.15. The molecule has 7 heteroatoms. The smallest absolute Gasteiger partial charge is 0.266 e. The van der Waals surface area contributed by atoms with E-state index in [-0.39, 0.29) is 5.91 Å². The van der Waals surface area contributed by atoms with Gasteiger partial charge in [-0.25, -0.2) is 5.01 Å². The van der Waals surface area contributed by atoms with Crippen molar-refractivity contribution < 1.29 is 4.79 Å². The summed E-state index contributed by atoms with van der Waals surface area (Å²) in [5.74, 6) is -0.192. The minimum atomic E-state index is -0.192. The molecule has 0 unspecified atom stereocenters. The second-order valence-corrected chi connectivity index (χ2v) is 4.46. The average Bonchev–Trinajstić information content (AvgIpc) is 2.86. The van der Waals surface area contributed by atoms with Crippen molar-refractivity contribution in [2.45, 2.75) is 13.8 Å². The molecule has 0 saturated heterocycles. The topological polar surface area (TPSA) is 71.3 Å². The van der Waals surface area contributed by atoms with Crippen LogP contribution in [0.5, 0.6) is 0 Å². The van der Waals surface area contributed by atoms with Crippen LogP contribution in [0.4, 0.5) is 0 Å². The van der Waals surface area contributed by atoms with Crippen LogP contribution in [0.15, 0.2) is 29.5 Å². The third-order valence-corrected chi connectivity index (χ3v) is 3.21. The summed E-state index contributed by atoms with van der Waals surface area (Å²) in [7, 11) is 0. The number of carbonyl (C=O) groups is 1. The summed E-state index contributed by atoms with van der Waals surface area (Å²) in [6, 6.07) is 5.51. The van der Waals surface area contributed by atoms with Crippen molar-refractivity contribution in [3.8, 4) is 0 Å². The summed E-state index contributed by atoms with van der Waals surface area (Å²) in [5.41, 5.74) is 1.33. The molecule has 2 heterocycles. The third-order valence-electron chi connectivity index (χ3n) is 2.40. The highest BCUT2D eigenvalue weighted by Gasteiger charge is 2.18. The highest BCUT2D eigenvalue weighted by molar-refractivity contribution is 7.07. The second kappa shape index (κ2) is 6.14. The number of pyridine rings is 1. The molecule has 2 rings (SSSR count). The molecule has 0 N–H and O–H groups in total. The number of aryl methyl sites for hydroxylation is 1. The van der Waals surface area contributed by atoms with E-state index in [1.165, 1.54) is 5.01 Å². The van der Waals surface area contributed by atoms with E-state index in [1.807, 2.05) is 25.1 Å². The van der Waals surface area contributed by atoms with Crippen molar-refractivity contribution in [2.24, 2.45) is 5.10 Å². The van der Waals surface area contributed by atoms with Gasteiger partial charge in [0.25, 0.3) is 5.91 Å². The number of carbonyl (C=O) groups excluding carboxylic acids is 1. The molecule has 2 aromatic rings. The fourth-order valence-electron chi connectivity index (χ4n) is 1.40. The lowest BCUT2D eigenvalue weighted by molar-refractivity contribution is 0.0774. The van der Waals surface area contributed by atoms with Crippen LogP contribution in [0.3, 0.4) is 0 Å². The Labute approximate surface area is 115 Å². The van der Waals surface area contributed by atoms with Gasteiger partial charge >= 0.3 is 0 Å². The molecule has 0 saturated carbocycles. The largest absolute Gasteiger partial charge is 0.287 e. The van der Waals surface area contributed by atoms with Crippen molar-refractivity contribution >= 4 is 23.7 Å². The van der Waals surface area contributed by atoms with Crippen LogP contribution in [0, 0.1) is 6.92 Å². The van der Waals surface area contributed by atoms with Gasteiger partial charge in [-0.3, -0.25) is 9.78 Å². The zero-order chi connectivity index (χ0) is 13.7. The van der Waals surface area contributed by atoms with Crippen LogP contribution in [-0.4, -0.2) is 38.2 Å². The van der Waals surface area contributed by atoms with Gasteiger partial charge in [0, 0.05) is 12.7 Å². The Morgan fingerprint density at radius 2 is 2.37 bits per heavy atom. The zero-order valence-corrected chi connectivity index (χ0v) is 11.5. The number of aromatic nitrogens is 3. The lowest BCUT2D eigenvalue weighted by Gasteiger charge is -2.13. The molecular weight excluding hydrogens is 262 g/mol. The average molecular weight is 275 g/mol. The normalized spacial score (nSPS) is 10.8. The molecule has 0 aromatic carbocycles. The second-order valence-electron chi connectivity index (χ2n) is 3.71. The molecule has 0 radical (unpaired) electrons. The van der Waals surface area contributed by atoms with Gasteiger partial charge in [-0.1, -0.05) is 10.6 Å². The Balaban J connectivity index is 2.15. The predicted octanol–water partition coefficient (Wildman–Crippen LogP) is 1.74. The molecular formula is C12H13N5OS. The maximum atomic E-state index is 12.2. The van der Waals surface area contributed by atoms with Crippen LogP contribution < -0.4 is 0 Å². The Bertz CT molecular complexity index is 581. The van der Waals surface area contributed by atoms with Gasteiger partial charge in [-0.05, 0) is 37.5 Å². The van der Waals surface area contributed by atoms with Gasteiger partial charge in [0.1, 0.15) is 4.88 Å². The van der Waals surface area contributed by atoms with E-state index in [0.29, 0.717) is 22.8 Å². The quantitative estimate of drug-likeness (QED) is 0.629. The number of hydrogen-bond acceptors (Lipinski definition) is 6. The molecule has 2 aromatic heterocycles. The van der Waals surface area contributed by atoms with Crippen LogP contribution in [0.2, 0.25) is 0 Å². The van der Waals surface area contributed by atoms with Gasteiger partial charge in [0.2, 0.25) is 0 Å². The molecule has 0 aliphatic rings. The van der Waals surface area contributed by atoms with Crippen molar-refractivity contribution in [1.82, 2.24) is 19.6 Å². The van der Waals surface area contributed by atoms with Gasteiger partial charge in [0.05, 0.1) is 17.6 Å². The summed E-state index contributed by atoms with van der Waals surface area (Å²) < 4.78 is 3.76. The number of rotatable bonds is 4. The van der Waals surface area contributed by atoms with Gasteiger partial charge in [0.15, 0.2) is 0 Å². The highest BCUT2D eigenvalue weighted by atomic mass is 32.1. The summed E-state index contributed by atoms with van der Waals surface area (Å²) in [4.78, 5) is 16.8. The molecule has 0 aliphatic carbocycles. The third kappa shape index (κ3) is 3.19. The molecule has 0 atom stereocenters. The first-order valence-corrected chi connectivity index (χ1v) is 6.55. The van der Waals surface area contributed by atoms with Crippen molar-refractivity contribution in [2.75, 3.05) is 6.54 Å². The summed E-state index contributed by atoms with van der Waals surface area (Å²) in [6.45, 7) is 4.09. The summed E-state index contributed by atoms with van der Waals surface area (Å²) in [6.07, 6.45) is 3.24. The van der Waals surface area contributed by atoms with Gasteiger partial charge < -0.3 is 0 Å². The molecule has 1 amide bonds. The molecule has 6 nitrogen and oxygen atoms in total. The van der Waals surface area contributed by atoms with Crippen molar-refractivity contribution in [3.63, 3.8) is 0 Å². The molecule has 19 heavy (non-hydrogen) atoms. The van der Waals surface area contributed by atoms with Crippen molar-refractivity contribution in [3.05, 3.63) is 40.7 Å². The maximum Gasteiger partial charge on any atom is 0.287 e. The van der Waals surface area contributed by atoms with Crippen LogP contribution in [-0.2, 0) is 0 Å². The van der Waals surface area contributed by atoms with E-state index >= 15 is 0 Å². The minimum Gasteiger partial charge on any atom is -0.266 e. The Kier molecular flexibility index (Phi) is 4.30. The lowest BCUT2D eigenvalue weighted by atomic mass is 10.3. The highest BCUT2D eigenvalue weighted by Crippen LogP contribution is 2.12. The fraction of sp³-hybridized carbons (Fsp3) is 0.250. The van der Waals surface area contributed by atoms with E-state index < -0.39 is 0 Å². The lowest BCUT2D eigenvalue weighted by Crippen LogP contribution is -2.25. The molecule has 0 bridgehead atoms. The first kappa shape index (κ1) is 13.3. The van der Waals surface area contributed by atoms with Crippen LogP contribution >= 0.6 is 11.5 Å². The first-order valence-electron chi connectivity index (χ1n) is 5.78. The summed E-state index contributed by atoms with van der Waals surface area (Å²) >= 11 is 1.08. The maximum absolute atomic E-state index is 12.2. The molecule has 0 spiro atoms. The first-order chi connectivity index (χ1) is 9.22. The molecule has 98 valence electrons. The fourth-order valence-corrected chi connectivity index (χ4v) is 2.01. The standard InChI is InChI=1S/C12H13N5OS/c1-3-17(12(18)11-9(2)15-16-19-11)14-8-10-6-4-5-7-13-10/h4-8H,3H2,1-2H3/b14-8+. The van der Waals surface area contributed by atoms with E-state index in [4.69, 9.17) is 0 Å². The monoisotopic (exact) mass is 275 g/mol. The van der Waals surface area contributed by atoms with E-state index in [9.17, 15) is 4.79 Å².